The van der Waals surface area contributed by atoms with E-state index in [-0.39, 0.29) is 6.09 Å². The normalized spacial score (nSPS) is 28.7. The summed E-state index contributed by atoms with van der Waals surface area (Å²) in [4.78, 5) is 18.2. The van der Waals surface area contributed by atoms with E-state index in [4.69, 9.17) is 4.74 Å². The van der Waals surface area contributed by atoms with Gasteiger partial charge in [-0.25, -0.2) is 4.79 Å². The molecule has 0 aliphatic carbocycles. The number of aliphatic imine (C=N–C) groups is 1. The number of amides is 1. The van der Waals surface area contributed by atoms with Gasteiger partial charge in [-0.05, 0) is 40.5 Å². The first-order chi connectivity index (χ1) is 7.87. The molecule has 0 bridgehead atoms. The highest BCUT2D eigenvalue weighted by atomic mass is 16.6. The van der Waals surface area contributed by atoms with Gasteiger partial charge >= 0.3 is 6.09 Å². The molecule has 0 saturated carbocycles. The van der Waals surface area contributed by atoms with E-state index in [0.717, 1.165) is 19.5 Å². The molecule has 1 amide bonds. The fourth-order valence-electron chi connectivity index (χ4n) is 2.39. The fraction of sp³-hybridized carbons (Fsp3) is 0.846. The van der Waals surface area contributed by atoms with Crippen molar-refractivity contribution in [1.29, 1.82) is 0 Å². The second kappa shape index (κ2) is 4.31. The quantitative estimate of drug-likeness (QED) is 0.704. The zero-order valence-electron chi connectivity index (χ0n) is 11.2. The second-order valence-electron chi connectivity index (χ2n) is 6.04. The summed E-state index contributed by atoms with van der Waals surface area (Å²) in [5.41, 5.74) is 0.830. The molecule has 2 aliphatic heterocycles. The van der Waals surface area contributed by atoms with E-state index >= 15 is 0 Å². The van der Waals surface area contributed by atoms with Gasteiger partial charge in [-0.15, -0.1) is 0 Å². The van der Waals surface area contributed by atoms with E-state index in [2.05, 4.69) is 11.9 Å². The Balaban J connectivity index is 1.86. The standard InChI is InChI=1S/C13H22N2O2/c1-9-11(14-9)10-6-5-7-15(8-10)12(16)17-13(2,3)4/h10-11H,5-8H2,1-4H3. The number of ether oxygens (including phenoxy) is 1. The van der Waals surface area contributed by atoms with Crippen LogP contribution in [0.4, 0.5) is 4.79 Å². The maximum absolute atomic E-state index is 12.0. The zero-order valence-corrected chi connectivity index (χ0v) is 11.2. The molecule has 2 aliphatic rings. The number of nitrogens with zero attached hydrogens (tertiary/aromatic N) is 2. The molecule has 2 heterocycles. The first-order valence-corrected chi connectivity index (χ1v) is 6.39. The van der Waals surface area contributed by atoms with E-state index < -0.39 is 5.60 Å². The van der Waals surface area contributed by atoms with Gasteiger partial charge in [0.25, 0.3) is 0 Å². The van der Waals surface area contributed by atoms with Gasteiger partial charge in [0.15, 0.2) is 0 Å². The highest BCUT2D eigenvalue weighted by Gasteiger charge is 2.37. The highest BCUT2D eigenvalue weighted by molar-refractivity contribution is 5.98. The van der Waals surface area contributed by atoms with Gasteiger partial charge in [0.05, 0.1) is 6.04 Å². The first kappa shape index (κ1) is 12.4. The summed E-state index contributed by atoms with van der Waals surface area (Å²) < 4.78 is 5.40. The summed E-state index contributed by atoms with van der Waals surface area (Å²) in [6.07, 6.45) is 2.05. The van der Waals surface area contributed by atoms with Gasteiger partial charge in [0, 0.05) is 24.7 Å². The molecule has 1 saturated heterocycles. The lowest BCUT2D eigenvalue weighted by atomic mass is 9.93. The van der Waals surface area contributed by atoms with Crippen LogP contribution in [0.15, 0.2) is 4.99 Å². The third-order valence-corrected chi connectivity index (χ3v) is 3.26. The van der Waals surface area contributed by atoms with Gasteiger partial charge in [0.1, 0.15) is 5.60 Å². The molecular weight excluding hydrogens is 216 g/mol. The molecule has 0 N–H and O–H groups in total. The monoisotopic (exact) mass is 238 g/mol. The van der Waals surface area contributed by atoms with Gasteiger partial charge in [-0.2, -0.15) is 0 Å². The van der Waals surface area contributed by atoms with Gasteiger partial charge in [-0.1, -0.05) is 0 Å². The van der Waals surface area contributed by atoms with Crippen LogP contribution in [-0.4, -0.2) is 41.4 Å². The SMILES string of the molecule is CC1=NC1C1CCCN(C(=O)OC(C)(C)C)C1. The lowest BCUT2D eigenvalue weighted by Crippen LogP contribution is -2.44. The summed E-state index contributed by atoms with van der Waals surface area (Å²) in [6.45, 7) is 9.39. The number of carbonyl (C=O) groups is 1. The van der Waals surface area contributed by atoms with E-state index in [1.807, 2.05) is 25.7 Å². The molecule has 4 nitrogen and oxygen atoms in total. The van der Waals surface area contributed by atoms with Crippen molar-refractivity contribution in [3.8, 4) is 0 Å². The molecule has 2 rings (SSSR count). The van der Waals surface area contributed by atoms with E-state index in [0.29, 0.717) is 12.0 Å². The number of hydrogen-bond donors (Lipinski definition) is 0. The first-order valence-electron chi connectivity index (χ1n) is 6.39. The van der Waals surface area contributed by atoms with Crippen molar-refractivity contribution in [3.63, 3.8) is 0 Å². The van der Waals surface area contributed by atoms with Crippen LogP contribution < -0.4 is 0 Å². The molecule has 0 aromatic heterocycles. The molecule has 96 valence electrons. The van der Waals surface area contributed by atoms with E-state index in [1.54, 1.807) is 0 Å². The minimum atomic E-state index is -0.407. The Labute approximate surface area is 103 Å². The van der Waals surface area contributed by atoms with Crippen LogP contribution in [0.2, 0.25) is 0 Å². The van der Waals surface area contributed by atoms with Crippen LogP contribution >= 0.6 is 0 Å². The third kappa shape index (κ3) is 3.20. The average molecular weight is 238 g/mol. The summed E-state index contributed by atoms with van der Waals surface area (Å²) in [5.74, 6) is 0.510. The van der Waals surface area contributed by atoms with Gasteiger partial charge in [-0.3, -0.25) is 4.99 Å². The molecular formula is C13H22N2O2. The van der Waals surface area contributed by atoms with Crippen LogP contribution in [0.1, 0.15) is 40.5 Å². The Morgan fingerprint density at radius 2 is 2.12 bits per heavy atom. The summed E-state index contributed by atoms with van der Waals surface area (Å²) in [5, 5.41) is 0. The Bertz CT molecular complexity index is 344. The maximum Gasteiger partial charge on any atom is 0.410 e. The fourth-order valence-corrected chi connectivity index (χ4v) is 2.39. The molecule has 0 aromatic carbocycles. The summed E-state index contributed by atoms with van der Waals surface area (Å²) in [7, 11) is 0. The number of piperidine rings is 1. The molecule has 1 fully saturated rings. The van der Waals surface area contributed by atoms with Gasteiger partial charge < -0.3 is 9.64 Å². The Kier molecular flexibility index (Phi) is 3.15. The molecule has 0 radical (unpaired) electrons. The van der Waals surface area contributed by atoms with Crippen molar-refractivity contribution in [2.45, 2.75) is 52.2 Å². The lowest BCUT2D eigenvalue weighted by molar-refractivity contribution is 0.0167. The highest BCUT2D eigenvalue weighted by Crippen LogP contribution is 2.29. The predicted octanol–water partition coefficient (Wildman–Crippen LogP) is 2.48. The van der Waals surface area contributed by atoms with E-state index in [9.17, 15) is 4.79 Å². The van der Waals surface area contributed by atoms with Crippen molar-refractivity contribution < 1.29 is 9.53 Å². The van der Waals surface area contributed by atoms with Crippen molar-refractivity contribution in [2.75, 3.05) is 13.1 Å². The Morgan fingerprint density at radius 3 is 2.65 bits per heavy atom. The number of hydrogen-bond acceptors (Lipinski definition) is 3. The van der Waals surface area contributed by atoms with Crippen molar-refractivity contribution >= 4 is 11.8 Å². The Hall–Kier alpha value is -1.06. The minimum Gasteiger partial charge on any atom is -0.444 e. The smallest absolute Gasteiger partial charge is 0.410 e. The predicted molar refractivity (Wildman–Crippen MR) is 67.4 cm³/mol. The minimum absolute atomic E-state index is 0.180. The molecule has 0 spiro atoms. The average Bonchev–Trinajstić information content (AvgIpc) is 2.93. The second-order valence-corrected chi connectivity index (χ2v) is 6.04. The van der Waals surface area contributed by atoms with Crippen LogP contribution in [0.25, 0.3) is 0 Å². The van der Waals surface area contributed by atoms with Crippen LogP contribution in [0, 0.1) is 5.92 Å². The van der Waals surface area contributed by atoms with Crippen LogP contribution in [0.3, 0.4) is 0 Å². The topological polar surface area (TPSA) is 41.9 Å². The van der Waals surface area contributed by atoms with Crippen molar-refractivity contribution in [1.82, 2.24) is 4.90 Å². The summed E-state index contributed by atoms with van der Waals surface area (Å²) in [6, 6.07) is 0.403. The Morgan fingerprint density at radius 1 is 1.47 bits per heavy atom. The van der Waals surface area contributed by atoms with Gasteiger partial charge in [0.2, 0.25) is 0 Å². The zero-order chi connectivity index (χ0) is 12.6. The number of rotatable bonds is 1. The third-order valence-electron chi connectivity index (χ3n) is 3.26. The van der Waals surface area contributed by atoms with Crippen molar-refractivity contribution in [3.05, 3.63) is 0 Å². The molecule has 0 aromatic rings. The molecule has 2 atom stereocenters. The molecule has 4 heteroatoms. The molecule has 2 unspecified atom stereocenters. The van der Waals surface area contributed by atoms with Crippen LogP contribution in [-0.2, 0) is 4.74 Å². The van der Waals surface area contributed by atoms with Crippen molar-refractivity contribution in [2.24, 2.45) is 10.9 Å². The number of carbonyl (C=O) groups excluding carboxylic acids is 1. The molecule has 17 heavy (non-hydrogen) atoms. The van der Waals surface area contributed by atoms with Crippen LogP contribution in [0.5, 0.6) is 0 Å². The number of likely N-dealkylation sites (tertiary alicyclic amines) is 1. The largest absolute Gasteiger partial charge is 0.444 e. The lowest BCUT2D eigenvalue weighted by Gasteiger charge is -2.33. The van der Waals surface area contributed by atoms with E-state index in [1.165, 1.54) is 12.1 Å². The summed E-state index contributed by atoms with van der Waals surface area (Å²) >= 11 is 0. The maximum atomic E-state index is 12.0.